The quantitative estimate of drug-likeness (QED) is 0.650. The van der Waals surface area contributed by atoms with Crippen LogP contribution < -0.4 is 10.5 Å². The number of ether oxygens (including phenoxy) is 1. The minimum absolute atomic E-state index is 0.216. The molecule has 0 saturated carbocycles. The van der Waals surface area contributed by atoms with Gasteiger partial charge in [-0.15, -0.1) is 0 Å². The van der Waals surface area contributed by atoms with Crippen LogP contribution in [0.3, 0.4) is 0 Å². The molecule has 3 aromatic rings. The van der Waals surface area contributed by atoms with Crippen LogP contribution in [0.15, 0.2) is 34.0 Å². The van der Waals surface area contributed by atoms with Gasteiger partial charge >= 0.3 is 0 Å². The number of benzene rings is 1. The summed E-state index contributed by atoms with van der Waals surface area (Å²) < 4.78 is 11.0. The number of methoxy groups -OCH3 is 1. The van der Waals surface area contributed by atoms with Crippen molar-refractivity contribution in [3.63, 3.8) is 0 Å². The second-order valence-corrected chi connectivity index (χ2v) is 6.41. The number of halogens is 1. The van der Waals surface area contributed by atoms with E-state index in [0.717, 1.165) is 5.56 Å². The summed E-state index contributed by atoms with van der Waals surface area (Å²) in [7, 11) is 1.59. The molecule has 0 aliphatic rings. The molecule has 0 spiro atoms. The minimum atomic E-state index is 0.216. The van der Waals surface area contributed by atoms with Crippen molar-refractivity contribution in [1.82, 2.24) is 19.9 Å². The molecular weight excluding hydrogens is 362 g/mol. The van der Waals surface area contributed by atoms with Crippen LogP contribution in [0.2, 0.25) is 5.02 Å². The molecule has 2 aromatic heterocycles. The van der Waals surface area contributed by atoms with Gasteiger partial charge in [-0.05, 0) is 18.2 Å². The summed E-state index contributed by atoms with van der Waals surface area (Å²) in [4.78, 5) is 16.8. The first-order valence-electron chi connectivity index (χ1n) is 7.50. The van der Waals surface area contributed by atoms with E-state index < -0.39 is 0 Å². The minimum Gasteiger partial charge on any atom is -0.497 e. The van der Waals surface area contributed by atoms with Crippen LogP contribution in [-0.4, -0.2) is 27.0 Å². The molecule has 1 aromatic carbocycles. The van der Waals surface area contributed by atoms with Gasteiger partial charge in [-0.3, -0.25) is 0 Å². The number of aryl methyl sites for hydroxylation is 1. The Morgan fingerprint density at radius 1 is 1.24 bits per heavy atom. The lowest BCUT2D eigenvalue weighted by atomic mass is 10.2. The van der Waals surface area contributed by atoms with E-state index in [4.69, 9.17) is 26.5 Å². The summed E-state index contributed by atoms with van der Waals surface area (Å²) >= 11 is 7.48. The fourth-order valence-corrected chi connectivity index (χ4v) is 3.04. The van der Waals surface area contributed by atoms with Gasteiger partial charge in [0.2, 0.25) is 11.8 Å². The van der Waals surface area contributed by atoms with Crippen molar-refractivity contribution >= 4 is 29.3 Å². The standard InChI is InChI=1S/C16H16ClN5O2S/c1-3-13-20-15(18)22-16(21-13)25-8-14-19-7-12(24-14)9-4-10(17)6-11(5-9)23-2/h4-7H,3,8H2,1-2H3,(H2,18,20,21,22). The van der Waals surface area contributed by atoms with E-state index in [9.17, 15) is 0 Å². The van der Waals surface area contributed by atoms with Crippen LogP contribution in [0, 0.1) is 0 Å². The van der Waals surface area contributed by atoms with E-state index in [1.54, 1.807) is 25.4 Å². The second-order valence-electron chi connectivity index (χ2n) is 5.03. The van der Waals surface area contributed by atoms with Crippen molar-refractivity contribution in [3.8, 4) is 17.1 Å². The lowest BCUT2D eigenvalue weighted by Crippen LogP contribution is -2.03. The Morgan fingerprint density at radius 2 is 2.08 bits per heavy atom. The van der Waals surface area contributed by atoms with Gasteiger partial charge in [0.1, 0.15) is 11.6 Å². The number of nitrogens with zero attached hydrogens (tertiary/aromatic N) is 4. The van der Waals surface area contributed by atoms with E-state index in [2.05, 4.69) is 19.9 Å². The predicted molar refractivity (Wildman–Crippen MR) is 96.7 cm³/mol. The van der Waals surface area contributed by atoms with Crippen molar-refractivity contribution in [2.75, 3.05) is 12.8 Å². The largest absolute Gasteiger partial charge is 0.497 e. The fourth-order valence-electron chi connectivity index (χ4n) is 2.10. The van der Waals surface area contributed by atoms with Crippen LogP contribution >= 0.6 is 23.4 Å². The molecule has 0 fully saturated rings. The first-order valence-corrected chi connectivity index (χ1v) is 8.86. The predicted octanol–water partition coefficient (Wildman–Crippen LogP) is 3.63. The van der Waals surface area contributed by atoms with Crippen molar-refractivity contribution in [1.29, 1.82) is 0 Å². The molecule has 9 heteroatoms. The van der Waals surface area contributed by atoms with Gasteiger partial charge < -0.3 is 14.9 Å². The average molecular weight is 378 g/mol. The number of nitrogen functional groups attached to an aromatic ring is 1. The molecule has 0 saturated heterocycles. The number of rotatable bonds is 6. The third kappa shape index (κ3) is 4.40. The Bertz CT molecular complexity index is 887. The topological polar surface area (TPSA) is 100.0 Å². The Labute approximate surface area is 154 Å². The number of anilines is 1. The van der Waals surface area contributed by atoms with E-state index in [0.29, 0.717) is 45.6 Å². The summed E-state index contributed by atoms with van der Waals surface area (Å²) in [6.07, 6.45) is 2.35. The van der Waals surface area contributed by atoms with Crippen molar-refractivity contribution in [2.45, 2.75) is 24.3 Å². The molecule has 0 aliphatic heterocycles. The Morgan fingerprint density at radius 3 is 2.84 bits per heavy atom. The number of oxazole rings is 1. The SMILES string of the molecule is CCc1nc(N)nc(SCc2ncc(-c3cc(Cl)cc(OC)c3)o2)n1. The maximum atomic E-state index is 6.09. The van der Waals surface area contributed by atoms with Gasteiger partial charge in [0.25, 0.3) is 0 Å². The molecule has 0 aliphatic carbocycles. The smallest absolute Gasteiger partial charge is 0.224 e. The van der Waals surface area contributed by atoms with Crippen LogP contribution in [-0.2, 0) is 12.2 Å². The van der Waals surface area contributed by atoms with Crippen molar-refractivity contribution in [3.05, 3.63) is 41.1 Å². The summed E-state index contributed by atoms with van der Waals surface area (Å²) in [5.74, 6) is 3.17. The van der Waals surface area contributed by atoms with Gasteiger partial charge in [-0.1, -0.05) is 30.3 Å². The number of hydrogen-bond acceptors (Lipinski definition) is 8. The van der Waals surface area contributed by atoms with Crippen molar-refractivity contribution in [2.24, 2.45) is 0 Å². The molecule has 2 N–H and O–H groups in total. The van der Waals surface area contributed by atoms with Crippen LogP contribution in [0.25, 0.3) is 11.3 Å². The summed E-state index contributed by atoms with van der Waals surface area (Å²) in [5.41, 5.74) is 6.48. The highest BCUT2D eigenvalue weighted by molar-refractivity contribution is 7.98. The van der Waals surface area contributed by atoms with E-state index >= 15 is 0 Å². The highest BCUT2D eigenvalue weighted by Crippen LogP contribution is 2.30. The zero-order valence-electron chi connectivity index (χ0n) is 13.7. The van der Waals surface area contributed by atoms with Crippen LogP contribution in [0.5, 0.6) is 5.75 Å². The highest BCUT2D eigenvalue weighted by atomic mass is 35.5. The lowest BCUT2D eigenvalue weighted by Gasteiger charge is -2.03. The van der Waals surface area contributed by atoms with Gasteiger partial charge in [0.05, 0.1) is 19.1 Å². The molecule has 3 rings (SSSR count). The first-order chi connectivity index (χ1) is 12.1. The van der Waals surface area contributed by atoms with Crippen LogP contribution in [0.4, 0.5) is 5.95 Å². The highest BCUT2D eigenvalue weighted by Gasteiger charge is 2.11. The molecular formula is C16H16ClN5O2S. The van der Waals surface area contributed by atoms with E-state index in [-0.39, 0.29) is 5.95 Å². The molecule has 7 nitrogen and oxygen atoms in total. The zero-order chi connectivity index (χ0) is 17.8. The van der Waals surface area contributed by atoms with E-state index in [1.807, 2.05) is 13.0 Å². The maximum Gasteiger partial charge on any atom is 0.224 e. The molecule has 0 amide bonds. The van der Waals surface area contributed by atoms with Gasteiger partial charge in [-0.2, -0.15) is 9.97 Å². The number of aromatic nitrogens is 4. The third-order valence-electron chi connectivity index (χ3n) is 3.26. The van der Waals surface area contributed by atoms with Gasteiger partial charge in [-0.25, -0.2) is 9.97 Å². The maximum absolute atomic E-state index is 6.09. The molecule has 25 heavy (non-hydrogen) atoms. The number of nitrogens with two attached hydrogens (primary N) is 1. The average Bonchev–Trinajstić information content (AvgIpc) is 3.08. The van der Waals surface area contributed by atoms with E-state index in [1.165, 1.54) is 11.8 Å². The normalized spacial score (nSPS) is 10.8. The third-order valence-corrected chi connectivity index (χ3v) is 4.31. The Balaban J connectivity index is 1.74. The zero-order valence-corrected chi connectivity index (χ0v) is 15.3. The summed E-state index contributed by atoms with van der Waals surface area (Å²) in [5, 5.41) is 1.11. The van der Waals surface area contributed by atoms with Crippen molar-refractivity contribution < 1.29 is 9.15 Å². The fraction of sp³-hybridized carbons (Fsp3) is 0.250. The molecule has 0 radical (unpaired) electrons. The molecule has 130 valence electrons. The van der Waals surface area contributed by atoms with Crippen LogP contribution in [0.1, 0.15) is 18.6 Å². The number of thioether (sulfide) groups is 1. The second kappa shape index (κ2) is 7.71. The summed E-state index contributed by atoms with van der Waals surface area (Å²) in [6.45, 7) is 1.96. The lowest BCUT2D eigenvalue weighted by molar-refractivity contribution is 0.415. The van der Waals surface area contributed by atoms with Gasteiger partial charge in [0.15, 0.2) is 10.9 Å². The monoisotopic (exact) mass is 377 g/mol. The van der Waals surface area contributed by atoms with Gasteiger partial charge in [0, 0.05) is 17.0 Å². The molecule has 0 bridgehead atoms. The summed E-state index contributed by atoms with van der Waals surface area (Å²) in [6, 6.07) is 5.36. The Kier molecular flexibility index (Phi) is 5.40. The molecule has 0 unspecified atom stereocenters. The Hall–Kier alpha value is -2.32. The number of hydrogen-bond donors (Lipinski definition) is 1. The first kappa shape index (κ1) is 17.5. The molecule has 2 heterocycles. The molecule has 0 atom stereocenters.